The normalized spacial score (nSPS) is 8.22. The third kappa shape index (κ3) is 3.53. The average molecular weight is 125 g/mol. The molecule has 0 heterocycles. The van der Waals surface area contributed by atoms with Crippen molar-refractivity contribution in [1.82, 2.24) is 0 Å². The molecule has 0 saturated heterocycles. The Morgan fingerprint density at radius 2 is 2.00 bits per heavy atom. The van der Waals surface area contributed by atoms with Crippen LogP contribution in [0.3, 0.4) is 0 Å². The van der Waals surface area contributed by atoms with Crippen LogP contribution in [-0.4, -0.2) is 5.91 Å². The highest BCUT2D eigenvalue weighted by Crippen LogP contribution is 1.96. The molecule has 0 aromatic rings. The second-order valence-corrected chi connectivity index (χ2v) is 2.11. The molecule has 2 N–H and O–H groups in total. The quantitative estimate of drug-likeness (QED) is 0.434. The van der Waals surface area contributed by atoms with E-state index >= 15 is 0 Å². The summed E-state index contributed by atoms with van der Waals surface area (Å²) in [7, 11) is 0. The van der Waals surface area contributed by atoms with Crippen molar-refractivity contribution in [3.8, 4) is 0 Å². The van der Waals surface area contributed by atoms with E-state index in [1.54, 1.807) is 6.08 Å². The average Bonchev–Trinajstić information content (AvgIpc) is 1.63. The minimum Gasteiger partial charge on any atom is -0.366 e. The third-order valence-corrected chi connectivity index (χ3v) is 0.779. The molecule has 0 aliphatic rings. The van der Waals surface area contributed by atoms with Crippen molar-refractivity contribution in [1.29, 1.82) is 0 Å². The zero-order valence-corrected chi connectivity index (χ0v) is 5.77. The van der Waals surface area contributed by atoms with Gasteiger partial charge in [0.1, 0.15) is 0 Å². The number of carbonyl (C=O) groups is 1. The molecule has 2 heteroatoms. The smallest absolute Gasteiger partial charge is 0.248 e. The first-order chi connectivity index (χ1) is 4.04. The van der Waals surface area contributed by atoms with Gasteiger partial charge in [-0.2, -0.15) is 0 Å². The number of carbonyl (C=O) groups excluding carboxylic acids is 1. The van der Waals surface area contributed by atoms with Crippen LogP contribution in [0, 0.1) is 0 Å². The summed E-state index contributed by atoms with van der Waals surface area (Å²) in [6.45, 7) is 7.21. The summed E-state index contributed by atoms with van der Waals surface area (Å²) in [5.74, 6) is -0.462. The van der Waals surface area contributed by atoms with Crippen LogP contribution >= 0.6 is 0 Å². The summed E-state index contributed by atoms with van der Waals surface area (Å²) in [4.78, 5) is 10.3. The van der Waals surface area contributed by atoms with Gasteiger partial charge in [0.2, 0.25) is 5.91 Å². The molecule has 0 bridgehead atoms. The van der Waals surface area contributed by atoms with Crippen LogP contribution in [-0.2, 0) is 4.79 Å². The predicted molar refractivity (Wildman–Crippen MR) is 37.8 cm³/mol. The van der Waals surface area contributed by atoms with Gasteiger partial charge >= 0.3 is 0 Å². The molecule has 0 atom stereocenters. The molecule has 0 fully saturated rings. The first-order valence-corrected chi connectivity index (χ1v) is 2.67. The third-order valence-electron chi connectivity index (χ3n) is 0.779. The fourth-order valence-corrected chi connectivity index (χ4v) is 0.420. The van der Waals surface area contributed by atoms with Gasteiger partial charge in [-0.1, -0.05) is 18.2 Å². The first-order valence-electron chi connectivity index (χ1n) is 2.67. The number of rotatable bonds is 2. The fraction of sp³-hybridized carbons (Fsp3) is 0.286. The maximum Gasteiger partial charge on any atom is 0.248 e. The second-order valence-electron chi connectivity index (χ2n) is 2.11. The molecule has 2 nitrogen and oxygen atoms in total. The molecule has 0 aromatic heterocycles. The Kier molecular flexibility index (Phi) is 2.71. The predicted octanol–water partition coefficient (Wildman–Crippen LogP) is 0.994. The molecule has 9 heavy (non-hydrogen) atoms. The first kappa shape index (κ1) is 7.95. The minimum absolute atomic E-state index is 0.356. The van der Waals surface area contributed by atoms with E-state index in [1.165, 1.54) is 0 Å². The van der Waals surface area contributed by atoms with Crippen molar-refractivity contribution in [2.24, 2.45) is 5.73 Å². The van der Waals surface area contributed by atoms with E-state index in [9.17, 15) is 4.79 Å². The van der Waals surface area contributed by atoms with Crippen LogP contribution in [0.15, 0.2) is 23.8 Å². The number of primary amides is 1. The maximum absolute atomic E-state index is 10.3. The summed E-state index contributed by atoms with van der Waals surface area (Å²) < 4.78 is 0. The molecule has 0 aromatic carbocycles. The molecule has 0 spiro atoms. The minimum atomic E-state index is -0.462. The highest BCUT2D eigenvalue weighted by atomic mass is 16.1. The van der Waals surface area contributed by atoms with Crippen LogP contribution in [0.5, 0.6) is 0 Å². The van der Waals surface area contributed by atoms with Gasteiger partial charge in [-0.3, -0.25) is 4.79 Å². The second kappa shape index (κ2) is 3.07. The van der Waals surface area contributed by atoms with Crippen molar-refractivity contribution >= 4 is 5.91 Å². The van der Waals surface area contributed by atoms with Gasteiger partial charge in [0.15, 0.2) is 0 Å². The Morgan fingerprint density at radius 1 is 1.56 bits per heavy atom. The van der Waals surface area contributed by atoms with E-state index in [1.807, 2.05) is 13.8 Å². The summed E-state index contributed by atoms with van der Waals surface area (Å²) in [5, 5.41) is 0. The molecule has 0 unspecified atom stereocenters. The highest BCUT2D eigenvalue weighted by Gasteiger charge is 1.94. The summed E-state index contributed by atoms with van der Waals surface area (Å²) in [6, 6.07) is 0. The van der Waals surface area contributed by atoms with E-state index in [0.717, 1.165) is 5.57 Å². The van der Waals surface area contributed by atoms with Crippen LogP contribution in [0.25, 0.3) is 0 Å². The summed E-state index contributed by atoms with van der Waals surface area (Å²) in [6.07, 6.45) is 1.66. The van der Waals surface area contributed by atoms with Crippen LogP contribution in [0.2, 0.25) is 0 Å². The molecule has 1 amide bonds. The van der Waals surface area contributed by atoms with Gasteiger partial charge in [-0.25, -0.2) is 0 Å². The van der Waals surface area contributed by atoms with E-state index in [-0.39, 0.29) is 0 Å². The Balaban J connectivity index is 4.09. The van der Waals surface area contributed by atoms with E-state index < -0.39 is 5.91 Å². The lowest BCUT2D eigenvalue weighted by atomic mass is 10.2. The largest absolute Gasteiger partial charge is 0.366 e. The van der Waals surface area contributed by atoms with Gasteiger partial charge < -0.3 is 5.73 Å². The van der Waals surface area contributed by atoms with Crippen LogP contribution in [0.1, 0.15) is 13.8 Å². The van der Waals surface area contributed by atoms with Crippen molar-refractivity contribution in [2.45, 2.75) is 13.8 Å². The standard InChI is InChI=1S/C7H11NO/c1-5(2)4-6(3)7(8)9/h4H,3H2,1-2H3,(H2,8,9). The number of hydrogen-bond donors (Lipinski definition) is 1. The molecule has 50 valence electrons. The highest BCUT2D eigenvalue weighted by molar-refractivity contribution is 5.94. The van der Waals surface area contributed by atoms with E-state index in [2.05, 4.69) is 6.58 Å². The summed E-state index contributed by atoms with van der Waals surface area (Å²) >= 11 is 0. The van der Waals surface area contributed by atoms with Gasteiger partial charge in [0.05, 0.1) is 0 Å². The van der Waals surface area contributed by atoms with Crippen molar-refractivity contribution in [3.05, 3.63) is 23.8 Å². The lowest BCUT2D eigenvalue weighted by Gasteiger charge is -1.91. The van der Waals surface area contributed by atoms with E-state index in [4.69, 9.17) is 5.73 Å². The molecular weight excluding hydrogens is 114 g/mol. The molecule has 0 aliphatic heterocycles. The Morgan fingerprint density at radius 3 is 2.11 bits per heavy atom. The van der Waals surface area contributed by atoms with Gasteiger partial charge in [-0.05, 0) is 13.8 Å². The molecule has 0 rings (SSSR count). The number of nitrogens with two attached hydrogens (primary N) is 1. The van der Waals surface area contributed by atoms with Gasteiger partial charge in [0.25, 0.3) is 0 Å². The topological polar surface area (TPSA) is 43.1 Å². The molecule has 0 radical (unpaired) electrons. The summed E-state index contributed by atoms with van der Waals surface area (Å²) in [5.41, 5.74) is 6.28. The number of allylic oxidation sites excluding steroid dienone is 1. The number of hydrogen-bond acceptors (Lipinski definition) is 1. The van der Waals surface area contributed by atoms with Gasteiger partial charge in [0, 0.05) is 5.57 Å². The lowest BCUT2D eigenvalue weighted by Crippen LogP contribution is -2.11. The van der Waals surface area contributed by atoms with Crippen molar-refractivity contribution in [3.63, 3.8) is 0 Å². The van der Waals surface area contributed by atoms with Gasteiger partial charge in [-0.15, -0.1) is 0 Å². The zero-order valence-electron chi connectivity index (χ0n) is 5.77. The fourth-order valence-electron chi connectivity index (χ4n) is 0.420. The Bertz CT molecular complexity index is 164. The maximum atomic E-state index is 10.3. The SMILES string of the molecule is C=C(C=C(C)C)C(N)=O. The monoisotopic (exact) mass is 125 g/mol. The molecular formula is C7H11NO. The van der Waals surface area contributed by atoms with Crippen LogP contribution < -0.4 is 5.73 Å². The lowest BCUT2D eigenvalue weighted by molar-refractivity contribution is -0.114. The number of amides is 1. The zero-order chi connectivity index (χ0) is 7.44. The Labute approximate surface area is 55.1 Å². The van der Waals surface area contributed by atoms with Crippen molar-refractivity contribution < 1.29 is 4.79 Å². The van der Waals surface area contributed by atoms with Crippen LogP contribution in [0.4, 0.5) is 0 Å². The Hall–Kier alpha value is -1.05. The van der Waals surface area contributed by atoms with E-state index in [0.29, 0.717) is 5.57 Å². The molecule has 0 saturated carbocycles. The van der Waals surface area contributed by atoms with Crippen molar-refractivity contribution in [2.75, 3.05) is 0 Å². The molecule has 0 aliphatic carbocycles.